The molecule has 4 nitrogen and oxygen atoms in total. The van der Waals surface area contributed by atoms with Gasteiger partial charge in [-0.1, -0.05) is 177 Å². The van der Waals surface area contributed by atoms with Crippen LogP contribution in [0, 0.1) is 5.92 Å². The third-order valence-electron chi connectivity index (χ3n) is 12.6. The molecule has 2 aromatic heterocycles. The van der Waals surface area contributed by atoms with Crippen LogP contribution in [-0.4, -0.2) is 15.0 Å². The molecule has 11 aromatic rings. The summed E-state index contributed by atoms with van der Waals surface area (Å²) in [5.41, 5.74) is 12.2. The van der Waals surface area contributed by atoms with Crippen LogP contribution in [0.1, 0.15) is 23.8 Å². The van der Waals surface area contributed by atoms with Crippen LogP contribution in [0.5, 0.6) is 0 Å². The zero-order chi connectivity index (χ0) is 41.1. The second kappa shape index (κ2) is 14.6. The van der Waals surface area contributed by atoms with Gasteiger partial charge in [0.1, 0.15) is 11.3 Å². The summed E-state index contributed by atoms with van der Waals surface area (Å²) in [6.07, 6.45) is 3.22. The van der Waals surface area contributed by atoms with Crippen LogP contribution >= 0.6 is 0 Å². The van der Waals surface area contributed by atoms with E-state index in [4.69, 9.17) is 19.4 Å². The number of hydrogen-bond acceptors (Lipinski definition) is 4. The van der Waals surface area contributed by atoms with Crippen molar-refractivity contribution >= 4 is 54.9 Å². The molecule has 0 radical (unpaired) electrons. The van der Waals surface area contributed by atoms with Crippen LogP contribution in [0.3, 0.4) is 0 Å². The first kappa shape index (κ1) is 35.9. The first-order valence-electron chi connectivity index (χ1n) is 21.3. The molecular weight excluding hydrogens is 755 g/mol. The van der Waals surface area contributed by atoms with Gasteiger partial charge in [0.25, 0.3) is 0 Å². The van der Waals surface area contributed by atoms with Crippen molar-refractivity contribution in [2.75, 3.05) is 0 Å². The van der Waals surface area contributed by atoms with E-state index in [1.54, 1.807) is 0 Å². The predicted octanol–water partition coefficient (Wildman–Crippen LogP) is 15.1. The van der Waals surface area contributed by atoms with Gasteiger partial charge in [0, 0.05) is 34.1 Å². The Morgan fingerprint density at radius 1 is 0.419 bits per heavy atom. The maximum atomic E-state index is 6.62. The zero-order valence-corrected chi connectivity index (χ0v) is 34.1. The van der Waals surface area contributed by atoms with E-state index in [0.717, 1.165) is 67.1 Å². The lowest BCUT2D eigenvalue weighted by Gasteiger charge is -2.21. The molecule has 1 unspecified atom stereocenters. The molecule has 1 aliphatic carbocycles. The van der Waals surface area contributed by atoms with E-state index in [1.165, 1.54) is 44.0 Å². The third kappa shape index (κ3) is 6.27. The zero-order valence-electron chi connectivity index (χ0n) is 34.1. The fraction of sp³-hybridized carbons (Fsp3) is 0.0517. The predicted molar refractivity (Wildman–Crippen MR) is 256 cm³/mol. The first-order chi connectivity index (χ1) is 30.6. The average Bonchev–Trinajstić information content (AvgIpc) is 3.71. The summed E-state index contributed by atoms with van der Waals surface area (Å²) in [6.45, 7) is 2.30. The summed E-state index contributed by atoms with van der Waals surface area (Å²) in [5, 5.41) is 8.23. The summed E-state index contributed by atoms with van der Waals surface area (Å²) in [6, 6.07) is 68.8. The van der Waals surface area contributed by atoms with E-state index >= 15 is 0 Å². The second-order valence-electron chi connectivity index (χ2n) is 16.4. The van der Waals surface area contributed by atoms with Crippen LogP contribution in [0.25, 0.3) is 111 Å². The van der Waals surface area contributed by atoms with Crippen LogP contribution in [-0.2, 0) is 6.42 Å². The number of benzene rings is 9. The van der Waals surface area contributed by atoms with Gasteiger partial charge in [-0.25, -0.2) is 15.0 Å². The highest BCUT2D eigenvalue weighted by molar-refractivity contribution is 6.09. The minimum Gasteiger partial charge on any atom is -0.460 e. The van der Waals surface area contributed by atoms with Crippen molar-refractivity contribution in [2.24, 2.45) is 5.92 Å². The molecule has 0 N–H and O–H groups in total. The van der Waals surface area contributed by atoms with Gasteiger partial charge in [-0.2, -0.15) is 0 Å². The molecule has 0 aliphatic heterocycles. The van der Waals surface area contributed by atoms with Gasteiger partial charge in [-0.3, -0.25) is 0 Å². The third-order valence-corrected chi connectivity index (χ3v) is 12.6. The van der Waals surface area contributed by atoms with Gasteiger partial charge < -0.3 is 4.42 Å². The smallest absolute Gasteiger partial charge is 0.164 e. The summed E-state index contributed by atoms with van der Waals surface area (Å²) < 4.78 is 6.62. The summed E-state index contributed by atoms with van der Waals surface area (Å²) in [5.74, 6) is 3.29. The number of allylic oxidation sites excluding steroid dienone is 1. The molecule has 9 aromatic carbocycles. The van der Waals surface area contributed by atoms with Crippen molar-refractivity contribution in [3.63, 3.8) is 0 Å². The molecule has 0 saturated carbocycles. The lowest BCUT2D eigenvalue weighted by atomic mass is 9.83. The van der Waals surface area contributed by atoms with Crippen molar-refractivity contribution < 1.29 is 4.42 Å². The molecule has 292 valence electrons. The maximum Gasteiger partial charge on any atom is 0.164 e. The SMILES string of the molecule is CC1Cc2oc3cccc(-c4ccc5ccc(-c6nc(-c7ccccc7)nc(-c7ccc8c(ccc9ccccc98)c7)n6)cc5c4)c3c2C=C1c1ccc(-c2ccccc2)cc1. The van der Waals surface area contributed by atoms with Crippen molar-refractivity contribution in [1.29, 1.82) is 0 Å². The minimum absolute atomic E-state index is 0.327. The van der Waals surface area contributed by atoms with E-state index in [0.29, 0.717) is 23.4 Å². The second-order valence-corrected chi connectivity index (χ2v) is 16.4. The van der Waals surface area contributed by atoms with Gasteiger partial charge in [0.15, 0.2) is 17.5 Å². The molecule has 0 bridgehead atoms. The molecule has 0 spiro atoms. The lowest BCUT2D eigenvalue weighted by Crippen LogP contribution is -2.08. The first-order valence-corrected chi connectivity index (χ1v) is 21.3. The quantitative estimate of drug-likeness (QED) is 0.157. The minimum atomic E-state index is 0.327. The Labute approximate surface area is 359 Å². The monoisotopic (exact) mass is 793 g/mol. The van der Waals surface area contributed by atoms with Crippen molar-refractivity contribution in [2.45, 2.75) is 13.3 Å². The van der Waals surface area contributed by atoms with Crippen LogP contribution in [0.2, 0.25) is 0 Å². The van der Waals surface area contributed by atoms with Gasteiger partial charge in [0.05, 0.1) is 0 Å². The normalized spacial score (nSPS) is 13.8. The van der Waals surface area contributed by atoms with Gasteiger partial charge in [-0.15, -0.1) is 0 Å². The van der Waals surface area contributed by atoms with Crippen molar-refractivity contribution in [1.82, 2.24) is 15.0 Å². The van der Waals surface area contributed by atoms with Gasteiger partial charge in [-0.05, 0) is 102 Å². The largest absolute Gasteiger partial charge is 0.460 e. The number of furan rings is 1. The van der Waals surface area contributed by atoms with E-state index < -0.39 is 0 Å². The van der Waals surface area contributed by atoms with E-state index in [1.807, 2.05) is 18.2 Å². The molecule has 4 heteroatoms. The Bertz CT molecular complexity index is 3550. The van der Waals surface area contributed by atoms with Crippen molar-refractivity contribution in [3.8, 4) is 56.4 Å². The van der Waals surface area contributed by atoms with Gasteiger partial charge >= 0.3 is 0 Å². The molecule has 0 amide bonds. The Morgan fingerprint density at radius 3 is 1.74 bits per heavy atom. The molecule has 2 heterocycles. The Hall–Kier alpha value is -7.95. The fourth-order valence-corrected chi connectivity index (χ4v) is 9.36. The van der Waals surface area contributed by atoms with Crippen LogP contribution < -0.4 is 0 Å². The number of fused-ring (bicyclic) bond motifs is 7. The standard InChI is InChI=1S/C58H39N3O/c1-36-31-54-52(35-51(36)41-23-19-38(20-24-41)37-11-4-2-5-12-37)55-50(17-10-18-53(55)62-54)44-26-21-39-22-28-45(34-47(39)33-44)57-59-56(42-14-6-3-7-15-42)60-58(61-57)46-29-30-49-43(32-46)27-25-40-13-8-9-16-48(40)49/h2-30,32-36H,31H2,1H3. The molecule has 62 heavy (non-hydrogen) atoms. The number of rotatable bonds is 6. The van der Waals surface area contributed by atoms with Crippen LogP contribution in [0.4, 0.5) is 0 Å². The number of aromatic nitrogens is 3. The topological polar surface area (TPSA) is 51.8 Å². The highest BCUT2D eigenvalue weighted by atomic mass is 16.3. The Morgan fingerprint density at radius 2 is 0.968 bits per heavy atom. The van der Waals surface area contributed by atoms with E-state index in [2.05, 4.69) is 189 Å². The van der Waals surface area contributed by atoms with E-state index in [9.17, 15) is 0 Å². The number of hydrogen-bond donors (Lipinski definition) is 0. The van der Waals surface area contributed by atoms with Crippen LogP contribution in [0.15, 0.2) is 199 Å². The average molecular weight is 794 g/mol. The molecule has 0 saturated heterocycles. The molecule has 12 rings (SSSR count). The fourth-order valence-electron chi connectivity index (χ4n) is 9.36. The van der Waals surface area contributed by atoms with Gasteiger partial charge in [0.2, 0.25) is 0 Å². The Balaban J connectivity index is 0.945. The summed E-state index contributed by atoms with van der Waals surface area (Å²) >= 11 is 0. The van der Waals surface area contributed by atoms with E-state index in [-0.39, 0.29) is 0 Å². The summed E-state index contributed by atoms with van der Waals surface area (Å²) in [4.78, 5) is 15.3. The number of nitrogens with zero attached hydrogens (tertiary/aromatic N) is 3. The highest BCUT2D eigenvalue weighted by Gasteiger charge is 2.26. The molecular formula is C58H39N3O. The molecule has 1 atom stereocenters. The Kier molecular flexibility index (Phi) is 8.49. The highest BCUT2D eigenvalue weighted by Crippen LogP contribution is 2.44. The maximum absolute atomic E-state index is 6.62. The molecule has 1 aliphatic rings. The van der Waals surface area contributed by atoms with Crippen molar-refractivity contribution in [3.05, 3.63) is 211 Å². The molecule has 0 fully saturated rings. The summed E-state index contributed by atoms with van der Waals surface area (Å²) in [7, 11) is 0. The lowest BCUT2D eigenvalue weighted by molar-refractivity contribution is 0.518.